The Kier molecular flexibility index (Phi) is 11.6. The molecule has 0 radical (unpaired) electrons. The number of carbonyl (C=O) groups excluding carboxylic acids is 4. The highest BCUT2D eigenvalue weighted by atomic mass is 19.4. The maximum Gasteiger partial charge on any atom is 0.471 e. The molecule has 0 spiro atoms. The molecule has 7 nitrogen and oxygen atoms in total. The number of benzene rings is 5. The highest BCUT2D eigenvalue weighted by Gasteiger charge is 2.38. The van der Waals surface area contributed by atoms with Gasteiger partial charge in [-0.15, -0.1) is 0 Å². The molecule has 0 aliphatic carbocycles. The van der Waals surface area contributed by atoms with Gasteiger partial charge in [-0.1, -0.05) is 54.6 Å². The van der Waals surface area contributed by atoms with Crippen LogP contribution in [0.2, 0.25) is 0 Å². The van der Waals surface area contributed by atoms with E-state index in [1.165, 1.54) is 31.2 Å². The van der Waals surface area contributed by atoms with Gasteiger partial charge in [0.15, 0.2) is 11.6 Å². The Morgan fingerprint density at radius 2 is 0.979 bits per heavy atom. The fraction of sp³-hybridized carbons (Fsp3) is 0.105. The number of halogens is 3. The van der Waals surface area contributed by atoms with Crippen LogP contribution in [0.15, 0.2) is 127 Å². The van der Waals surface area contributed by atoms with Crippen LogP contribution < -0.4 is 14.8 Å². The van der Waals surface area contributed by atoms with E-state index in [-0.39, 0.29) is 23.0 Å². The van der Waals surface area contributed by atoms with E-state index in [0.29, 0.717) is 46.1 Å². The average Bonchev–Trinajstić information content (AvgIpc) is 3.07. The molecule has 0 aliphatic rings. The Balaban J connectivity index is 0.000000229. The second kappa shape index (κ2) is 16.0. The third-order valence-corrected chi connectivity index (χ3v) is 6.63. The van der Waals surface area contributed by atoms with Gasteiger partial charge in [0.25, 0.3) is 0 Å². The molecule has 0 unspecified atom stereocenters. The second-order valence-corrected chi connectivity index (χ2v) is 10.5. The maximum absolute atomic E-state index is 12.6. The van der Waals surface area contributed by atoms with E-state index in [1.54, 1.807) is 85.0 Å². The summed E-state index contributed by atoms with van der Waals surface area (Å²) in [6, 6.07) is 35.4. The smallest absolute Gasteiger partial charge is 0.457 e. The van der Waals surface area contributed by atoms with Crippen LogP contribution >= 0.6 is 0 Å². The van der Waals surface area contributed by atoms with Crippen molar-refractivity contribution in [3.05, 3.63) is 150 Å². The van der Waals surface area contributed by atoms with Crippen molar-refractivity contribution >= 4 is 28.9 Å². The number of hydrogen-bond acceptors (Lipinski definition) is 6. The van der Waals surface area contributed by atoms with Gasteiger partial charge < -0.3 is 14.8 Å². The molecule has 0 saturated heterocycles. The standard InChI is InChI=1S/C24H20O4.C14H10F3NO2/c1-16(25)15-18-3-11-22(12-4-18)28-23-13-9-21(10-14-23)24(27)20-7-5-19(6-8-20)17(2)26;15-14(16,17)13(19)18-10-6-8-12(9-7-10)20-11-4-2-1-3-5-11/h3-14H,15H2,1-2H3;1-9H,(H,18,19). The van der Waals surface area contributed by atoms with Gasteiger partial charge in [0.05, 0.1) is 0 Å². The lowest BCUT2D eigenvalue weighted by molar-refractivity contribution is -0.167. The number of amides is 1. The summed E-state index contributed by atoms with van der Waals surface area (Å²) in [5.41, 5.74) is 2.64. The van der Waals surface area contributed by atoms with Crippen LogP contribution in [0.4, 0.5) is 18.9 Å². The molecule has 5 rings (SSSR count). The van der Waals surface area contributed by atoms with Gasteiger partial charge in [0.1, 0.15) is 28.8 Å². The fourth-order valence-corrected chi connectivity index (χ4v) is 4.23. The number of carbonyl (C=O) groups is 4. The van der Waals surface area contributed by atoms with Crippen LogP contribution in [0.25, 0.3) is 0 Å². The number of ether oxygens (including phenoxy) is 2. The molecule has 0 atom stereocenters. The van der Waals surface area contributed by atoms with E-state index >= 15 is 0 Å². The van der Waals surface area contributed by atoms with E-state index in [1.807, 2.05) is 30.3 Å². The summed E-state index contributed by atoms with van der Waals surface area (Å²) in [7, 11) is 0. The summed E-state index contributed by atoms with van der Waals surface area (Å²) in [4.78, 5) is 45.8. The first-order valence-electron chi connectivity index (χ1n) is 14.6. The largest absolute Gasteiger partial charge is 0.471 e. The molecule has 0 fully saturated rings. The van der Waals surface area contributed by atoms with E-state index in [2.05, 4.69) is 0 Å². The Hall–Kier alpha value is -6.03. The minimum absolute atomic E-state index is 0.0326. The van der Waals surface area contributed by atoms with Crippen LogP contribution in [-0.4, -0.2) is 29.4 Å². The Morgan fingerprint density at radius 3 is 1.44 bits per heavy atom. The second-order valence-electron chi connectivity index (χ2n) is 10.5. The molecule has 244 valence electrons. The number of anilines is 1. The highest BCUT2D eigenvalue weighted by Crippen LogP contribution is 2.25. The summed E-state index contributed by atoms with van der Waals surface area (Å²) in [6.45, 7) is 3.05. The molecular formula is C38H30F3NO6. The van der Waals surface area contributed by atoms with Crippen LogP contribution in [-0.2, 0) is 16.0 Å². The molecule has 0 bridgehead atoms. The van der Waals surface area contributed by atoms with E-state index < -0.39 is 12.1 Å². The molecule has 5 aromatic rings. The van der Waals surface area contributed by atoms with Crippen molar-refractivity contribution in [1.82, 2.24) is 0 Å². The molecule has 0 saturated carbocycles. The molecule has 0 aromatic heterocycles. The molecule has 10 heteroatoms. The number of alkyl halides is 3. The molecular weight excluding hydrogens is 623 g/mol. The minimum Gasteiger partial charge on any atom is -0.457 e. The van der Waals surface area contributed by atoms with E-state index in [9.17, 15) is 32.3 Å². The van der Waals surface area contributed by atoms with Crippen molar-refractivity contribution in [2.45, 2.75) is 26.4 Å². The highest BCUT2D eigenvalue weighted by molar-refractivity contribution is 6.09. The van der Waals surface area contributed by atoms with Gasteiger partial charge >= 0.3 is 12.1 Å². The molecule has 1 amide bonds. The third-order valence-electron chi connectivity index (χ3n) is 6.63. The Labute approximate surface area is 275 Å². The molecule has 48 heavy (non-hydrogen) atoms. The monoisotopic (exact) mass is 653 g/mol. The zero-order valence-electron chi connectivity index (χ0n) is 25.9. The van der Waals surface area contributed by atoms with Gasteiger partial charge in [-0.3, -0.25) is 19.2 Å². The summed E-state index contributed by atoms with van der Waals surface area (Å²) in [5.74, 6) is 0.305. The van der Waals surface area contributed by atoms with Crippen LogP contribution in [0.5, 0.6) is 23.0 Å². The zero-order valence-corrected chi connectivity index (χ0v) is 25.9. The van der Waals surface area contributed by atoms with Crippen molar-refractivity contribution in [2.75, 3.05) is 5.32 Å². The Bertz CT molecular complexity index is 1850. The average molecular weight is 654 g/mol. The van der Waals surface area contributed by atoms with Crippen LogP contribution in [0, 0.1) is 0 Å². The predicted octanol–water partition coefficient (Wildman–Crippen LogP) is 9.02. The van der Waals surface area contributed by atoms with E-state index in [0.717, 1.165) is 5.56 Å². The lowest BCUT2D eigenvalue weighted by Crippen LogP contribution is -2.29. The van der Waals surface area contributed by atoms with Crippen molar-refractivity contribution < 1.29 is 41.8 Å². The number of ketones is 3. The van der Waals surface area contributed by atoms with E-state index in [4.69, 9.17) is 9.47 Å². The normalized spacial score (nSPS) is 10.6. The lowest BCUT2D eigenvalue weighted by atomic mass is 10.0. The summed E-state index contributed by atoms with van der Waals surface area (Å²) in [6.07, 6.45) is -4.50. The third kappa shape index (κ3) is 10.5. The summed E-state index contributed by atoms with van der Waals surface area (Å²) >= 11 is 0. The number of para-hydroxylation sites is 1. The van der Waals surface area contributed by atoms with Crippen molar-refractivity contribution in [1.29, 1.82) is 0 Å². The number of Topliss-reactive ketones (excluding diaryl/α,β-unsaturated/α-hetero) is 2. The quantitative estimate of drug-likeness (QED) is 0.151. The van der Waals surface area contributed by atoms with Crippen LogP contribution in [0.1, 0.15) is 45.7 Å². The zero-order chi connectivity index (χ0) is 34.7. The van der Waals surface area contributed by atoms with Gasteiger partial charge in [0.2, 0.25) is 0 Å². The summed E-state index contributed by atoms with van der Waals surface area (Å²) in [5, 5.41) is 1.75. The first-order valence-corrected chi connectivity index (χ1v) is 14.6. The van der Waals surface area contributed by atoms with Gasteiger partial charge in [0, 0.05) is 28.8 Å². The Morgan fingerprint density at radius 1 is 0.562 bits per heavy atom. The molecule has 0 aliphatic heterocycles. The molecule has 5 aromatic carbocycles. The van der Waals surface area contributed by atoms with Crippen molar-refractivity contribution in [2.24, 2.45) is 0 Å². The van der Waals surface area contributed by atoms with Gasteiger partial charge in [-0.25, -0.2) is 0 Å². The number of nitrogens with one attached hydrogen (secondary N) is 1. The van der Waals surface area contributed by atoms with Crippen molar-refractivity contribution in [3.63, 3.8) is 0 Å². The SMILES string of the molecule is CC(=O)Cc1ccc(Oc2ccc(C(=O)c3ccc(C(C)=O)cc3)cc2)cc1.O=C(Nc1ccc(Oc2ccccc2)cc1)C(F)(F)F. The van der Waals surface area contributed by atoms with Gasteiger partial charge in [-0.2, -0.15) is 13.2 Å². The first kappa shape index (κ1) is 34.8. The predicted molar refractivity (Wildman–Crippen MR) is 175 cm³/mol. The fourth-order valence-electron chi connectivity index (χ4n) is 4.23. The first-order chi connectivity index (χ1) is 22.9. The lowest BCUT2D eigenvalue weighted by Gasteiger charge is -2.09. The minimum atomic E-state index is -4.90. The topological polar surface area (TPSA) is 98.8 Å². The number of hydrogen-bond donors (Lipinski definition) is 1. The maximum atomic E-state index is 12.6. The van der Waals surface area contributed by atoms with Crippen LogP contribution in [0.3, 0.4) is 0 Å². The summed E-state index contributed by atoms with van der Waals surface area (Å²) < 4.78 is 47.5. The van der Waals surface area contributed by atoms with Crippen molar-refractivity contribution in [3.8, 4) is 23.0 Å². The van der Waals surface area contributed by atoms with Gasteiger partial charge in [-0.05, 0) is 92.2 Å². The molecule has 0 heterocycles. The molecule has 1 N–H and O–H groups in total. The number of rotatable bonds is 10.